The van der Waals surface area contributed by atoms with Crippen molar-refractivity contribution in [2.75, 3.05) is 0 Å². The van der Waals surface area contributed by atoms with Gasteiger partial charge in [-0.3, -0.25) is 10.1 Å². The van der Waals surface area contributed by atoms with Gasteiger partial charge >= 0.3 is 0 Å². The molecule has 1 N–H and O–H groups in total. The van der Waals surface area contributed by atoms with Crippen molar-refractivity contribution in [1.29, 1.82) is 0 Å². The molecule has 0 amide bonds. The molecule has 21 heavy (non-hydrogen) atoms. The van der Waals surface area contributed by atoms with E-state index in [2.05, 4.69) is 0 Å². The van der Waals surface area contributed by atoms with Gasteiger partial charge in [0.25, 0.3) is 5.69 Å². The first-order valence-corrected chi connectivity index (χ1v) is 6.69. The van der Waals surface area contributed by atoms with Crippen LogP contribution in [0.4, 0.5) is 5.69 Å². The predicted octanol–water partition coefficient (Wildman–Crippen LogP) is 3.88. The van der Waals surface area contributed by atoms with Crippen molar-refractivity contribution in [3.05, 3.63) is 68.7 Å². The Balaban J connectivity index is 2.15. The standard InChI is InChI=1S/C15H14ClNO4/c1-10(18)11-6-7-15(13(16)8-11)21-9-12-4-2-3-5-14(12)17(19)20/h2-8,10,18H,9H2,1H3/t10-/m1/s1. The van der Waals surface area contributed by atoms with Crippen LogP contribution in [0.5, 0.6) is 5.75 Å². The molecule has 5 nitrogen and oxygen atoms in total. The lowest BCUT2D eigenvalue weighted by Gasteiger charge is -2.11. The number of ether oxygens (including phenoxy) is 1. The van der Waals surface area contributed by atoms with Gasteiger partial charge in [0.15, 0.2) is 0 Å². The molecule has 110 valence electrons. The van der Waals surface area contributed by atoms with Gasteiger partial charge in [-0.2, -0.15) is 0 Å². The summed E-state index contributed by atoms with van der Waals surface area (Å²) in [6, 6.07) is 11.3. The zero-order chi connectivity index (χ0) is 15.4. The summed E-state index contributed by atoms with van der Waals surface area (Å²) in [7, 11) is 0. The molecule has 1 atom stereocenters. The molecule has 2 aromatic carbocycles. The minimum Gasteiger partial charge on any atom is -0.487 e. The number of benzene rings is 2. The van der Waals surface area contributed by atoms with Crippen LogP contribution < -0.4 is 4.74 Å². The van der Waals surface area contributed by atoms with Crippen LogP contribution in [0.15, 0.2) is 42.5 Å². The SMILES string of the molecule is C[C@@H](O)c1ccc(OCc2ccccc2[N+](=O)[O-])c(Cl)c1. The lowest BCUT2D eigenvalue weighted by Crippen LogP contribution is -2.01. The minimum absolute atomic E-state index is 0.00854. The maximum absolute atomic E-state index is 10.9. The van der Waals surface area contributed by atoms with Crippen molar-refractivity contribution in [3.8, 4) is 5.75 Å². The van der Waals surface area contributed by atoms with E-state index in [9.17, 15) is 15.2 Å². The highest BCUT2D eigenvalue weighted by Gasteiger charge is 2.13. The number of rotatable bonds is 5. The van der Waals surface area contributed by atoms with Crippen LogP contribution in [0.3, 0.4) is 0 Å². The molecule has 0 heterocycles. The summed E-state index contributed by atoms with van der Waals surface area (Å²) in [4.78, 5) is 10.5. The van der Waals surface area contributed by atoms with Gasteiger partial charge in [0.05, 0.1) is 21.6 Å². The molecule has 0 radical (unpaired) electrons. The van der Waals surface area contributed by atoms with Crippen molar-refractivity contribution in [1.82, 2.24) is 0 Å². The van der Waals surface area contributed by atoms with E-state index in [0.29, 0.717) is 21.9 Å². The van der Waals surface area contributed by atoms with Crippen LogP contribution >= 0.6 is 11.6 Å². The highest BCUT2D eigenvalue weighted by Crippen LogP contribution is 2.29. The largest absolute Gasteiger partial charge is 0.487 e. The number of aliphatic hydroxyl groups excluding tert-OH is 1. The number of aliphatic hydroxyl groups is 1. The number of nitro benzene ring substituents is 1. The molecule has 0 unspecified atom stereocenters. The maximum Gasteiger partial charge on any atom is 0.276 e. The summed E-state index contributed by atoms with van der Waals surface area (Å²) < 4.78 is 5.53. The third-order valence-electron chi connectivity index (χ3n) is 3.01. The molecule has 0 spiro atoms. The Morgan fingerprint density at radius 1 is 1.33 bits per heavy atom. The first kappa shape index (κ1) is 15.3. The fourth-order valence-electron chi connectivity index (χ4n) is 1.86. The smallest absolute Gasteiger partial charge is 0.276 e. The van der Waals surface area contributed by atoms with E-state index in [1.165, 1.54) is 6.07 Å². The van der Waals surface area contributed by atoms with Gasteiger partial charge in [0.1, 0.15) is 12.4 Å². The Morgan fingerprint density at radius 2 is 2.05 bits per heavy atom. The minimum atomic E-state index is -0.619. The summed E-state index contributed by atoms with van der Waals surface area (Å²) in [6.07, 6.45) is -0.619. The Morgan fingerprint density at radius 3 is 2.67 bits per heavy atom. The second-order valence-electron chi connectivity index (χ2n) is 4.54. The van der Waals surface area contributed by atoms with E-state index >= 15 is 0 Å². The Labute approximate surface area is 126 Å². The predicted molar refractivity (Wildman–Crippen MR) is 79.5 cm³/mol. The summed E-state index contributed by atoms with van der Waals surface area (Å²) in [5, 5.41) is 20.7. The molecule has 0 saturated heterocycles. The average molecular weight is 308 g/mol. The maximum atomic E-state index is 10.9. The van der Waals surface area contributed by atoms with Crippen LogP contribution in [0.2, 0.25) is 5.02 Å². The normalized spacial score (nSPS) is 12.0. The Kier molecular flexibility index (Phi) is 4.77. The van der Waals surface area contributed by atoms with Crippen LogP contribution in [-0.4, -0.2) is 10.0 Å². The van der Waals surface area contributed by atoms with Crippen LogP contribution in [-0.2, 0) is 6.61 Å². The highest BCUT2D eigenvalue weighted by atomic mass is 35.5. The average Bonchev–Trinajstić information content (AvgIpc) is 2.46. The molecule has 0 saturated carbocycles. The lowest BCUT2D eigenvalue weighted by molar-refractivity contribution is -0.385. The third kappa shape index (κ3) is 3.71. The summed E-state index contributed by atoms with van der Waals surface area (Å²) in [5.74, 6) is 0.416. The zero-order valence-corrected chi connectivity index (χ0v) is 12.1. The Bertz CT molecular complexity index is 658. The fourth-order valence-corrected chi connectivity index (χ4v) is 2.10. The number of nitro groups is 1. The number of para-hydroxylation sites is 1. The molecule has 2 aromatic rings. The van der Waals surface area contributed by atoms with Gasteiger partial charge in [-0.15, -0.1) is 0 Å². The van der Waals surface area contributed by atoms with E-state index in [1.54, 1.807) is 43.3 Å². The third-order valence-corrected chi connectivity index (χ3v) is 3.31. The molecule has 2 rings (SSSR count). The van der Waals surface area contributed by atoms with E-state index in [-0.39, 0.29) is 12.3 Å². The zero-order valence-electron chi connectivity index (χ0n) is 11.3. The molecule has 0 aromatic heterocycles. The highest BCUT2D eigenvalue weighted by molar-refractivity contribution is 6.32. The van der Waals surface area contributed by atoms with E-state index in [4.69, 9.17) is 16.3 Å². The van der Waals surface area contributed by atoms with Crippen LogP contribution in [0.25, 0.3) is 0 Å². The first-order chi connectivity index (χ1) is 9.99. The molecule has 0 aliphatic carbocycles. The van der Waals surface area contributed by atoms with Crippen molar-refractivity contribution < 1.29 is 14.8 Å². The molecular formula is C15H14ClNO4. The topological polar surface area (TPSA) is 72.6 Å². The molecule has 0 bridgehead atoms. The molecule has 0 fully saturated rings. The van der Waals surface area contributed by atoms with Crippen molar-refractivity contribution >= 4 is 17.3 Å². The first-order valence-electron chi connectivity index (χ1n) is 6.31. The van der Waals surface area contributed by atoms with E-state index < -0.39 is 11.0 Å². The summed E-state index contributed by atoms with van der Waals surface area (Å²) in [6.45, 7) is 1.68. The molecule has 0 aliphatic rings. The van der Waals surface area contributed by atoms with Gasteiger partial charge in [-0.25, -0.2) is 0 Å². The van der Waals surface area contributed by atoms with Crippen molar-refractivity contribution in [2.45, 2.75) is 19.6 Å². The van der Waals surface area contributed by atoms with Gasteiger partial charge in [0, 0.05) is 6.07 Å². The van der Waals surface area contributed by atoms with Crippen molar-refractivity contribution in [2.24, 2.45) is 0 Å². The lowest BCUT2D eigenvalue weighted by atomic mass is 10.1. The quantitative estimate of drug-likeness (QED) is 0.672. The van der Waals surface area contributed by atoms with Gasteiger partial charge in [-0.1, -0.05) is 29.8 Å². The van der Waals surface area contributed by atoms with Crippen LogP contribution in [0, 0.1) is 10.1 Å². The summed E-state index contributed by atoms with van der Waals surface area (Å²) >= 11 is 6.07. The molecular weight excluding hydrogens is 294 g/mol. The second kappa shape index (κ2) is 6.56. The number of hydrogen-bond donors (Lipinski definition) is 1. The van der Waals surface area contributed by atoms with Crippen LogP contribution in [0.1, 0.15) is 24.2 Å². The number of hydrogen-bond acceptors (Lipinski definition) is 4. The number of nitrogens with zero attached hydrogens (tertiary/aromatic N) is 1. The summed E-state index contributed by atoms with van der Waals surface area (Å²) in [5.41, 5.74) is 1.16. The van der Waals surface area contributed by atoms with E-state index in [1.807, 2.05) is 0 Å². The van der Waals surface area contributed by atoms with E-state index in [0.717, 1.165) is 0 Å². The van der Waals surface area contributed by atoms with Crippen molar-refractivity contribution in [3.63, 3.8) is 0 Å². The Hall–Kier alpha value is -2.11. The fraction of sp³-hybridized carbons (Fsp3) is 0.200. The monoisotopic (exact) mass is 307 g/mol. The molecule has 6 heteroatoms. The number of halogens is 1. The molecule has 0 aliphatic heterocycles. The van der Waals surface area contributed by atoms with Gasteiger partial charge < -0.3 is 9.84 Å². The second-order valence-corrected chi connectivity index (χ2v) is 4.95. The van der Waals surface area contributed by atoms with Gasteiger partial charge in [0.2, 0.25) is 0 Å². The van der Waals surface area contributed by atoms with Gasteiger partial charge in [-0.05, 0) is 30.7 Å².